The van der Waals surface area contributed by atoms with Crippen molar-refractivity contribution < 1.29 is 13.9 Å². The Morgan fingerprint density at radius 2 is 1.96 bits per heavy atom. The van der Waals surface area contributed by atoms with E-state index in [9.17, 15) is 9.18 Å². The lowest BCUT2D eigenvalue weighted by atomic mass is 10.1. The normalized spacial score (nSPS) is 15.5. The Labute approximate surface area is 163 Å². The van der Waals surface area contributed by atoms with Crippen molar-refractivity contribution in [3.8, 4) is 5.75 Å². The summed E-state index contributed by atoms with van der Waals surface area (Å²) in [6.45, 7) is 0.384. The minimum absolute atomic E-state index is 0. The van der Waals surface area contributed by atoms with Crippen LogP contribution in [0.3, 0.4) is 0 Å². The van der Waals surface area contributed by atoms with Crippen LogP contribution >= 0.6 is 24.0 Å². The summed E-state index contributed by atoms with van der Waals surface area (Å²) in [6.07, 6.45) is 1.25. The molecule has 2 aromatic rings. The smallest absolute Gasteiger partial charge is 0.266 e. The first-order chi connectivity index (χ1) is 12.1. The van der Waals surface area contributed by atoms with Crippen LogP contribution in [-0.4, -0.2) is 18.5 Å². The summed E-state index contributed by atoms with van der Waals surface area (Å²) in [5.41, 5.74) is 6.46. The Hall–Kier alpha value is -1.82. The molecule has 0 radical (unpaired) electrons. The van der Waals surface area contributed by atoms with E-state index in [2.05, 4.69) is 5.32 Å². The molecule has 3 rings (SSSR count). The molecule has 1 saturated carbocycles. The fourth-order valence-electron chi connectivity index (χ4n) is 2.72. The molecule has 0 spiro atoms. The largest absolute Gasteiger partial charge is 0.474 e. The molecule has 2 aromatic carbocycles. The number of rotatable bonds is 7. The predicted molar refractivity (Wildman–Crippen MR) is 102 cm³/mol. The Morgan fingerprint density at radius 1 is 1.27 bits per heavy atom. The molecule has 0 saturated heterocycles. The fraction of sp³-hybridized carbons (Fsp3) is 0.316. The molecule has 2 atom stereocenters. The molecule has 1 aliphatic rings. The van der Waals surface area contributed by atoms with Gasteiger partial charge in [-0.1, -0.05) is 41.9 Å². The topological polar surface area (TPSA) is 64.3 Å². The number of hydrogen-bond donors (Lipinski definition) is 2. The lowest BCUT2D eigenvalue weighted by Gasteiger charge is -2.23. The molecule has 26 heavy (non-hydrogen) atoms. The number of nitrogens with one attached hydrogen (secondary N) is 1. The monoisotopic (exact) mass is 398 g/mol. The van der Waals surface area contributed by atoms with Gasteiger partial charge < -0.3 is 15.8 Å². The highest BCUT2D eigenvalue weighted by Gasteiger charge is 2.34. The number of carbonyl (C=O) groups is 1. The SMILES string of the molecule is Cl.NCC(NC(=O)C(Oc1ccc(F)cc1Cl)c1ccccc1)C1CC1. The molecule has 3 N–H and O–H groups in total. The number of hydrogen-bond acceptors (Lipinski definition) is 3. The highest BCUT2D eigenvalue weighted by molar-refractivity contribution is 6.32. The van der Waals surface area contributed by atoms with Crippen molar-refractivity contribution in [1.82, 2.24) is 5.32 Å². The zero-order valence-corrected chi connectivity index (χ0v) is 15.6. The van der Waals surface area contributed by atoms with E-state index in [0.717, 1.165) is 18.9 Å². The third kappa shape index (κ3) is 5.10. The first-order valence-corrected chi connectivity index (χ1v) is 8.63. The summed E-state index contributed by atoms with van der Waals surface area (Å²) >= 11 is 6.04. The quantitative estimate of drug-likeness (QED) is 0.743. The second-order valence-electron chi connectivity index (χ2n) is 6.17. The van der Waals surface area contributed by atoms with Crippen molar-refractivity contribution in [2.24, 2.45) is 11.7 Å². The third-order valence-corrected chi connectivity index (χ3v) is 4.55. The molecule has 0 aromatic heterocycles. The number of carbonyl (C=O) groups excluding carboxylic acids is 1. The van der Waals surface area contributed by atoms with E-state index in [-0.39, 0.29) is 35.1 Å². The van der Waals surface area contributed by atoms with E-state index < -0.39 is 11.9 Å². The molecule has 4 nitrogen and oxygen atoms in total. The van der Waals surface area contributed by atoms with Crippen LogP contribution in [0.2, 0.25) is 5.02 Å². The lowest BCUT2D eigenvalue weighted by molar-refractivity contribution is -0.129. The van der Waals surface area contributed by atoms with E-state index in [1.165, 1.54) is 12.1 Å². The average molecular weight is 399 g/mol. The molecule has 0 heterocycles. The molecule has 1 aliphatic carbocycles. The fourth-order valence-corrected chi connectivity index (χ4v) is 2.94. The van der Waals surface area contributed by atoms with Crippen molar-refractivity contribution in [3.05, 3.63) is 64.9 Å². The minimum Gasteiger partial charge on any atom is -0.474 e. The summed E-state index contributed by atoms with van der Waals surface area (Å²) in [5, 5.41) is 3.09. The number of nitrogens with two attached hydrogens (primary N) is 1. The predicted octanol–water partition coefficient (Wildman–Crippen LogP) is 3.87. The minimum atomic E-state index is -0.892. The maximum absolute atomic E-state index is 13.2. The van der Waals surface area contributed by atoms with Crippen LogP contribution in [0.4, 0.5) is 4.39 Å². The van der Waals surface area contributed by atoms with E-state index in [1.807, 2.05) is 18.2 Å². The van der Waals surface area contributed by atoms with Gasteiger partial charge in [-0.2, -0.15) is 0 Å². The van der Waals surface area contributed by atoms with Gasteiger partial charge in [0.25, 0.3) is 5.91 Å². The van der Waals surface area contributed by atoms with Crippen LogP contribution in [0.15, 0.2) is 48.5 Å². The standard InChI is InChI=1S/C19H20ClFN2O2.ClH/c20-15-10-14(21)8-9-17(15)25-18(13-4-2-1-3-5-13)19(24)23-16(11-22)12-6-7-12;/h1-5,8-10,12,16,18H,6-7,11,22H2,(H,23,24);1H. The van der Waals surface area contributed by atoms with Crippen molar-refractivity contribution in [2.45, 2.75) is 25.0 Å². The first kappa shape index (κ1) is 20.5. The van der Waals surface area contributed by atoms with E-state index in [1.54, 1.807) is 12.1 Å². The summed E-state index contributed by atoms with van der Waals surface area (Å²) < 4.78 is 19.1. The van der Waals surface area contributed by atoms with Crippen LogP contribution in [0.1, 0.15) is 24.5 Å². The molecular weight excluding hydrogens is 378 g/mol. The molecular formula is C19H21Cl2FN2O2. The van der Waals surface area contributed by atoms with Gasteiger partial charge >= 0.3 is 0 Å². The Balaban J connectivity index is 0.00000243. The average Bonchev–Trinajstić information content (AvgIpc) is 3.44. The van der Waals surface area contributed by atoms with E-state index in [4.69, 9.17) is 22.1 Å². The first-order valence-electron chi connectivity index (χ1n) is 8.25. The van der Waals surface area contributed by atoms with Gasteiger partial charge in [0.1, 0.15) is 11.6 Å². The molecule has 0 bridgehead atoms. The van der Waals surface area contributed by atoms with Gasteiger partial charge in [0.2, 0.25) is 6.10 Å². The molecule has 1 fully saturated rings. The maximum Gasteiger partial charge on any atom is 0.266 e. The Morgan fingerprint density at radius 3 is 2.54 bits per heavy atom. The van der Waals surface area contributed by atoms with Crippen LogP contribution in [0.25, 0.3) is 0 Å². The van der Waals surface area contributed by atoms with Crippen LogP contribution < -0.4 is 15.8 Å². The molecule has 1 amide bonds. The van der Waals surface area contributed by atoms with Crippen molar-refractivity contribution in [3.63, 3.8) is 0 Å². The van der Waals surface area contributed by atoms with Crippen LogP contribution in [0.5, 0.6) is 5.75 Å². The summed E-state index contributed by atoms with van der Waals surface area (Å²) in [6, 6.07) is 12.9. The number of ether oxygens (including phenoxy) is 1. The molecule has 7 heteroatoms. The lowest BCUT2D eigenvalue weighted by Crippen LogP contribution is -2.45. The van der Waals surface area contributed by atoms with Crippen molar-refractivity contribution >= 4 is 29.9 Å². The van der Waals surface area contributed by atoms with Gasteiger partial charge in [-0.05, 0) is 37.0 Å². The van der Waals surface area contributed by atoms with Crippen LogP contribution in [-0.2, 0) is 4.79 Å². The molecule has 140 valence electrons. The zero-order valence-electron chi connectivity index (χ0n) is 14.0. The summed E-state index contributed by atoms with van der Waals surface area (Å²) in [5.74, 6) is -0.0634. The van der Waals surface area contributed by atoms with Gasteiger partial charge in [-0.15, -0.1) is 12.4 Å². The van der Waals surface area contributed by atoms with Gasteiger partial charge in [-0.25, -0.2) is 4.39 Å². The Kier molecular flexibility index (Phi) is 7.26. The summed E-state index contributed by atoms with van der Waals surface area (Å²) in [4.78, 5) is 12.8. The zero-order chi connectivity index (χ0) is 17.8. The van der Waals surface area contributed by atoms with E-state index >= 15 is 0 Å². The van der Waals surface area contributed by atoms with Crippen LogP contribution in [0, 0.1) is 11.7 Å². The van der Waals surface area contributed by atoms with Crippen molar-refractivity contribution in [2.75, 3.05) is 6.54 Å². The number of amides is 1. The third-order valence-electron chi connectivity index (χ3n) is 4.25. The highest BCUT2D eigenvalue weighted by atomic mass is 35.5. The molecule has 0 aliphatic heterocycles. The van der Waals surface area contributed by atoms with Gasteiger partial charge in [0, 0.05) is 18.2 Å². The van der Waals surface area contributed by atoms with Gasteiger partial charge in [0.05, 0.1) is 5.02 Å². The summed E-state index contributed by atoms with van der Waals surface area (Å²) in [7, 11) is 0. The van der Waals surface area contributed by atoms with Gasteiger partial charge in [0.15, 0.2) is 0 Å². The van der Waals surface area contributed by atoms with E-state index in [0.29, 0.717) is 18.0 Å². The molecule has 2 unspecified atom stereocenters. The second-order valence-corrected chi connectivity index (χ2v) is 6.58. The van der Waals surface area contributed by atoms with Gasteiger partial charge in [-0.3, -0.25) is 4.79 Å². The number of benzene rings is 2. The maximum atomic E-state index is 13.2. The second kappa shape index (κ2) is 9.21. The number of halogens is 3. The Bertz CT molecular complexity index is 742. The highest BCUT2D eigenvalue weighted by Crippen LogP contribution is 2.33. The van der Waals surface area contributed by atoms with Crippen molar-refractivity contribution in [1.29, 1.82) is 0 Å².